The third-order valence-corrected chi connectivity index (χ3v) is 6.44. The number of rotatable bonds is 4. The summed E-state index contributed by atoms with van der Waals surface area (Å²) in [5, 5.41) is 5.01. The van der Waals surface area contributed by atoms with Gasteiger partial charge in [0.15, 0.2) is 0 Å². The maximum Gasteiger partial charge on any atom is 0.259 e. The molecular weight excluding hydrogens is 428 g/mol. The highest BCUT2D eigenvalue weighted by atomic mass is 79.9. The van der Waals surface area contributed by atoms with Crippen LogP contribution in [0.25, 0.3) is 10.8 Å². The standard InChI is InChI=1S/C24H25BrN2O2/c1-16-7-5-6-14-27(16)19-12-10-18(11-13-19)26-24(28)21-15-17-8-3-4-9-20(17)22(25)23(21)29-2/h3-4,8-13,15-16H,5-7,14H2,1-2H3,(H,26,28)/t16-/m0/s1. The summed E-state index contributed by atoms with van der Waals surface area (Å²) in [5.41, 5.74) is 2.49. The number of benzene rings is 3. The number of anilines is 2. The number of hydrogen-bond acceptors (Lipinski definition) is 3. The molecular formula is C24H25BrN2O2. The summed E-state index contributed by atoms with van der Waals surface area (Å²) in [4.78, 5) is 15.4. The molecule has 1 saturated heterocycles. The van der Waals surface area contributed by atoms with E-state index < -0.39 is 0 Å². The van der Waals surface area contributed by atoms with Crippen LogP contribution in [0.5, 0.6) is 5.75 Å². The number of amides is 1. The van der Waals surface area contributed by atoms with Gasteiger partial charge in [-0.3, -0.25) is 4.79 Å². The molecule has 4 rings (SSSR count). The molecule has 1 atom stereocenters. The van der Waals surface area contributed by atoms with Gasteiger partial charge in [-0.05, 0) is 83.2 Å². The summed E-state index contributed by atoms with van der Waals surface area (Å²) >= 11 is 3.60. The van der Waals surface area contributed by atoms with Crippen LogP contribution in [0.4, 0.5) is 11.4 Å². The Morgan fingerprint density at radius 3 is 2.62 bits per heavy atom. The monoisotopic (exact) mass is 452 g/mol. The summed E-state index contributed by atoms with van der Waals surface area (Å²) in [7, 11) is 1.58. The number of fused-ring (bicyclic) bond motifs is 1. The lowest BCUT2D eigenvalue weighted by molar-refractivity contribution is 0.102. The largest absolute Gasteiger partial charge is 0.495 e. The molecule has 0 saturated carbocycles. The number of halogens is 1. The van der Waals surface area contributed by atoms with Crippen molar-refractivity contribution in [1.82, 2.24) is 0 Å². The number of hydrogen-bond donors (Lipinski definition) is 1. The van der Waals surface area contributed by atoms with Crippen molar-refractivity contribution in [2.45, 2.75) is 32.2 Å². The Labute approximate surface area is 180 Å². The highest BCUT2D eigenvalue weighted by Gasteiger charge is 2.20. The molecule has 5 heteroatoms. The third-order valence-electron chi connectivity index (χ3n) is 5.65. The normalized spacial score (nSPS) is 16.7. The van der Waals surface area contributed by atoms with Gasteiger partial charge in [0.1, 0.15) is 5.75 Å². The number of piperidine rings is 1. The molecule has 0 spiro atoms. The summed E-state index contributed by atoms with van der Waals surface area (Å²) in [5.74, 6) is 0.354. The first-order chi connectivity index (χ1) is 14.1. The van der Waals surface area contributed by atoms with Crippen molar-refractivity contribution in [2.24, 2.45) is 0 Å². The number of methoxy groups -OCH3 is 1. The summed E-state index contributed by atoms with van der Waals surface area (Å²) < 4.78 is 6.33. The van der Waals surface area contributed by atoms with Crippen LogP contribution in [-0.2, 0) is 0 Å². The number of nitrogens with zero attached hydrogens (tertiary/aromatic N) is 1. The van der Waals surface area contributed by atoms with E-state index in [-0.39, 0.29) is 5.91 Å². The van der Waals surface area contributed by atoms with Gasteiger partial charge < -0.3 is 15.0 Å². The predicted molar refractivity (Wildman–Crippen MR) is 123 cm³/mol. The van der Waals surface area contributed by atoms with E-state index in [0.717, 1.165) is 27.5 Å². The van der Waals surface area contributed by atoms with E-state index in [2.05, 4.69) is 45.2 Å². The molecule has 3 aromatic carbocycles. The minimum absolute atomic E-state index is 0.188. The van der Waals surface area contributed by atoms with E-state index in [4.69, 9.17) is 4.74 Å². The van der Waals surface area contributed by atoms with Crippen LogP contribution in [0.1, 0.15) is 36.5 Å². The second kappa shape index (κ2) is 8.46. The lowest BCUT2D eigenvalue weighted by Crippen LogP contribution is -2.37. The quantitative estimate of drug-likeness (QED) is 0.508. The molecule has 0 aromatic heterocycles. The Bertz CT molecular complexity index is 1030. The minimum atomic E-state index is -0.188. The summed E-state index contributed by atoms with van der Waals surface area (Å²) in [6.07, 6.45) is 3.77. The lowest BCUT2D eigenvalue weighted by atomic mass is 10.0. The smallest absolute Gasteiger partial charge is 0.259 e. The molecule has 1 amide bonds. The van der Waals surface area contributed by atoms with Gasteiger partial charge in [-0.1, -0.05) is 24.3 Å². The molecule has 150 valence electrons. The van der Waals surface area contributed by atoms with Crippen molar-refractivity contribution in [2.75, 3.05) is 23.9 Å². The first-order valence-corrected chi connectivity index (χ1v) is 10.8. The number of carbonyl (C=O) groups excluding carboxylic acids is 1. The molecule has 0 aliphatic carbocycles. The lowest BCUT2D eigenvalue weighted by Gasteiger charge is -2.35. The molecule has 0 bridgehead atoms. The van der Waals surface area contributed by atoms with Crippen LogP contribution in [0.2, 0.25) is 0 Å². The summed E-state index contributed by atoms with van der Waals surface area (Å²) in [6, 6.07) is 18.5. The zero-order chi connectivity index (χ0) is 20.4. The van der Waals surface area contributed by atoms with Crippen molar-refractivity contribution >= 4 is 44.0 Å². The van der Waals surface area contributed by atoms with E-state index >= 15 is 0 Å². The second-order valence-corrected chi connectivity index (χ2v) is 8.32. The van der Waals surface area contributed by atoms with Crippen molar-refractivity contribution in [3.8, 4) is 5.75 Å². The van der Waals surface area contributed by atoms with Crippen molar-refractivity contribution in [3.05, 3.63) is 64.6 Å². The van der Waals surface area contributed by atoms with Gasteiger partial charge in [-0.2, -0.15) is 0 Å². The van der Waals surface area contributed by atoms with Gasteiger partial charge in [-0.25, -0.2) is 0 Å². The topological polar surface area (TPSA) is 41.6 Å². The zero-order valence-corrected chi connectivity index (χ0v) is 18.3. The Morgan fingerprint density at radius 2 is 1.90 bits per heavy atom. The molecule has 1 aliphatic rings. The molecule has 1 heterocycles. The van der Waals surface area contributed by atoms with Gasteiger partial charge in [0.2, 0.25) is 0 Å². The van der Waals surface area contributed by atoms with Crippen molar-refractivity contribution < 1.29 is 9.53 Å². The SMILES string of the molecule is COc1c(C(=O)Nc2ccc(N3CCCC[C@@H]3C)cc2)cc2ccccc2c1Br. The van der Waals surface area contributed by atoms with Gasteiger partial charge in [-0.15, -0.1) is 0 Å². The average molecular weight is 453 g/mol. The molecule has 1 fully saturated rings. The van der Waals surface area contributed by atoms with E-state index in [1.54, 1.807) is 7.11 Å². The number of carbonyl (C=O) groups is 1. The first kappa shape index (κ1) is 19.8. The molecule has 3 aromatic rings. The Hall–Kier alpha value is -2.53. The van der Waals surface area contributed by atoms with E-state index in [1.807, 2.05) is 42.5 Å². The molecule has 0 unspecified atom stereocenters. The highest BCUT2D eigenvalue weighted by Crippen LogP contribution is 2.37. The second-order valence-electron chi connectivity index (χ2n) is 7.53. The fourth-order valence-electron chi connectivity index (χ4n) is 4.07. The average Bonchev–Trinajstić information content (AvgIpc) is 2.75. The molecule has 0 radical (unpaired) electrons. The van der Waals surface area contributed by atoms with Crippen LogP contribution < -0.4 is 15.0 Å². The Kier molecular flexibility index (Phi) is 5.76. The fraction of sp³-hybridized carbons (Fsp3) is 0.292. The van der Waals surface area contributed by atoms with Gasteiger partial charge in [0.05, 0.1) is 17.1 Å². The summed E-state index contributed by atoms with van der Waals surface area (Å²) in [6.45, 7) is 3.37. The minimum Gasteiger partial charge on any atom is -0.495 e. The van der Waals surface area contributed by atoms with Gasteiger partial charge in [0, 0.05) is 24.0 Å². The van der Waals surface area contributed by atoms with Crippen LogP contribution in [-0.4, -0.2) is 25.6 Å². The third kappa shape index (κ3) is 3.97. The maximum absolute atomic E-state index is 13.0. The van der Waals surface area contributed by atoms with Crippen LogP contribution >= 0.6 is 15.9 Å². The Morgan fingerprint density at radius 1 is 1.14 bits per heavy atom. The van der Waals surface area contributed by atoms with Crippen molar-refractivity contribution in [1.29, 1.82) is 0 Å². The first-order valence-electron chi connectivity index (χ1n) is 10.0. The zero-order valence-electron chi connectivity index (χ0n) is 16.7. The molecule has 1 aliphatic heterocycles. The van der Waals surface area contributed by atoms with E-state index in [0.29, 0.717) is 17.4 Å². The number of nitrogens with one attached hydrogen (secondary N) is 1. The maximum atomic E-state index is 13.0. The van der Waals surface area contributed by atoms with Crippen LogP contribution in [0.15, 0.2) is 59.1 Å². The Balaban J connectivity index is 1.58. The van der Waals surface area contributed by atoms with E-state index in [9.17, 15) is 4.79 Å². The predicted octanol–water partition coefficient (Wildman–Crippen LogP) is 6.24. The van der Waals surface area contributed by atoms with Crippen LogP contribution in [0, 0.1) is 0 Å². The van der Waals surface area contributed by atoms with E-state index in [1.165, 1.54) is 24.9 Å². The number of ether oxygens (including phenoxy) is 1. The molecule has 29 heavy (non-hydrogen) atoms. The van der Waals surface area contributed by atoms with Crippen LogP contribution in [0.3, 0.4) is 0 Å². The van der Waals surface area contributed by atoms with Gasteiger partial charge in [0.25, 0.3) is 5.91 Å². The fourth-order valence-corrected chi connectivity index (χ4v) is 4.81. The van der Waals surface area contributed by atoms with Gasteiger partial charge >= 0.3 is 0 Å². The molecule has 1 N–H and O–H groups in total. The molecule has 4 nitrogen and oxygen atoms in total. The van der Waals surface area contributed by atoms with Crippen molar-refractivity contribution in [3.63, 3.8) is 0 Å². The highest BCUT2D eigenvalue weighted by molar-refractivity contribution is 9.10.